The second-order valence-corrected chi connectivity index (χ2v) is 9.63. The molecule has 0 radical (unpaired) electrons. The fourth-order valence-electron chi connectivity index (χ4n) is 4.64. The number of carbonyl (C=O) groups is 2. The monoisotopic (exact) mass is 490 g/mol. The number of rotatable bonds is 6. The second kappa shape index (κ2) is 10.6. The number of morpholine rings is 1. The van der Waals surface area contributed by atoms with Gasteiger partial charge in [-0.05, 0) is 65.3 Å². The Bertz CT molecular complexity index is 1240. The van der Waals surface area contributed by atoms with Crippen molar-refractivity contribution in [3.63, 3.8) is 0 Å². The molecule has 9 heteroatoms. The molecule has 4 rings (SSSR count). The van der Waals surface area contributed by atoms with Crippen LogP contribution in [0, 0.1) is 27.7 Å². The van der Waals surface area contributed by atoms with Crippen molar-refractivity contribution in [3.05, 3.63) is 69.8 Å². The van der Waals surface area contributed by atoms with Crippen LogP contribution in [0.3, 0.4) is 0 Å². The highest BCUT2D eigenvalue weighted by atomic mass is 16.5. The number of aromatic nitrogens is 4. The lowest BCUT2D eigenvalue weighted by Crippen LogP contribution is -2.48. The summed E-state index contributed by atoms with van der Waals surface area (Å²) < 4.78 is 7.42. The lowest BCUT2D eigenvalue weighted by atomic mass is 10.1. The summed E-state index contributed by atoms with van der Waals surface area (Å²) in [6.07, 6.45) is 0.270. The third-order valence-electron chi connectivity index (χ3n) is 6.34. The van der Waals surface area contributed by atoms with Crippen LogP contribution in [-0.2, 0) is 22.5 Å². The van der Waals surface area contributed by atoms with Gasteiger partial charge in [-0.3, -0.25) is 9.59 Å². The van der Waals surface area contributed by atoms with E-state index in [4.69, 9.17) is 4.74 Å². The van der Waals surface area contributed by atoms with E-state index in [9.17, 15) is 9.59 Å². The summed E-state index contributed by atoms with van der Waals surface area (Å²) in [6.45, 7) is 13.2. The van der Waals surface area contributed by atoms with Gasteiger partial charge in [-0.25, -0.2) is 14.6 Å². The quantitative estimate of drug-likeness (QED) is 0.570. The third kappa shape index (κ3) is 5.79. The molecule has 36 heavy (non-hydrogen) atoms. The first-order valence-electron chi connectivity index (χ1n) is 12.3. The fraction of sp³-hybridized carbons (Fsp3) is 0.444. The molecule has 1 fully saturated rings. The zero-order chi connectivity index (χ0) is 26.0. The number of carbonyl (C=O) groups excluding carboxylic acids is 2. The molecule has 1 aromatic carbocycles. The normalized spacial score (nSPS) is 17.8. The lowest BCUT2D eigenvalue weighted by molar-refractivity contribution is -0.120. The van der Waals surface area contributed by atoms with E-state index in [1.807, 2.05) is 76.8 Å². The number of nitrogens with zero attached hydrogens (tertiary/aromatic N) is 5. The van der Waals surface area contributed by atoms with Crippen molar-refractivity contribution < 1.29 is 14.3 Å². The van der Waals surface area contributed by atoms with Gasteiger partial charge in [-0.1, -0.05) is 12.1 Å². The SMILES string of the molecule is Cc1cc(C)nc(-n2nc(C)c(CC(=O)NCc3ccc(C(=O)N4CC(C)OC(C)C4)cc3)c2C)n1. The van der Waals surface area contributed by atoms with Crippen molar-refractivity contribution in [2.24, 2.45) is 0 Å². The third-order valence-corrected chi connectivity index (χ3v) is 6.34. The van der Waals surface area contributed by atoms with Crippen LogP contribution in [0.2, 0.25) is 0 Å². The van der Waals surface area contributed by atoms with E-state index < -0.39 is 0 Å². The molecule has 0 bridgehead atoms. The van der Waals surface area contributed by atoms with Gasteiger partial charge in [0.25, 0.3) is 11.9 Å². The maximum absolute atomic E-state index is 12.9. The molecule has 1 saturated heterocycles. The summed E-state index contributed by atoms with van der Waals surface area (Å²) in [5, 5.41) is 7.55. The summed E-state index contributed by atoms with van der Waals surface area (Å²) in [7, 11) is 0. The Kier molecular flexibility index (Phi) is 7.49. The molecule has 190 valence electrons. The van der Waals surface area contributed by atoms with E-state index >= 15 is 0 Å². The molecule has 9 nitrogen and oxygen atoms in total. The van der Waals surface area contributed by atoms with Gasteiger partial charge in [0.05, 0.1) is 24.3 Å². The van der Waals surface area contributed by atoms with Crippen molar-refractivity contribution in [1.29, 1.82) is 0 Å². The average molecular weight is 491 g/mol. The van der Waals surface area contributed by atoms with Crippen molar-refractivity contribution in [2.75, 3.05) is 13.1 Å². The topological polar surface area (TPSA) is 102 Å². The largest absolute Gasteiger partial charge is 0.372 e. The maximum atomic E-state index is 12.9. The number of amides is 2. The Morgan fingerprint density at radius 3 is 2.22 bits per heavy atom. The smallest absolute Gasteiger partial charge is 0.254 e. The van der Waals surface area contributed by atoms with Crippen LogP contribution in [0.5, 0.6) is 0 Å². The highest BCUT2D eigenvalue weighted by Crippen LogP contribution is 2.18. The minimum absolute atomic E-state index is 0.00308. The van der Waals surface area contributed by atoms with Gasteiger partial charge in [0.1, 0.15) is 0 Å². The number of hydrogen-bond acceptors (Lipinski definition) is 6. The van der Waals surface area contributed by atoms with Crippen LogP contribution in [0.4, 0.5) is 0 Å². The van der Waals surface area contributed by atoms with Crippen molar-refractivity contribution in [3.8, 4) is 5.95 Å². The molecule has 1 aliphatic heterocycles. The Labute approximate surface area is 211 Å². The van der Waals surface area contributed by atoms with E-state index in [1.165, 1.54) is 0 Å². The van der Waals surface area contributed by atoms with Gasteiger partial charge < -0.3 is 15.0 Å². The molecule has 0 saturated carbocycles. The highest BCUT2D eigenvalue weighted by Gasteiger charge is 2.26. The zero-order valence-electron chi connectivity index (χ0n) is 21.8. The van der Waals surface area contributed by atoms with Crippen LogP contribution < -0.4 is 5.32 Å². The van der Waals surface area contributed by atoms with E-state index in [0.29, 0.717) is 31.1 Å². The van der Waals surface area contributed by atoms with Gasteiger partial charge in [0.2, 0.25) is 5.91 Å². The Hall–Kier alpha value is -3.59. The maximum Gasteiger partial charge on any atom is 0.254 e. The summed E-state index contributed by atoms with van der Waals surface area (Å²) >= 11 is 0. The zero-order valence-corrected chi connectivity index (χ0v) is 21.8. The molecule has 1 N–H and O–H groups in total. The number of hydrogen-bond donors (Lipinski definition) is 1. The Morgan fingerprint density at radius 2 is 1.61 bits per heavy atom. The molecule has 2 atom stereocenters. The number of aryl methyl sites for hydroxylation is 3. The number of nitrogens with one attached hydrogen (secondary N) is 1. The predicted molar refractivity (Wildman–Crippen MR) is 136 cm³/mol. The molecule has 2 amide bonds. The van der Waals surface area contributed by atoms with Crippen LogP contribution >= 0.6 is 0 Å². The standard InChI is InChI=1S/C27H34N6O3/c1-16-11-17(2)30-27(29-16)33-21(6)24(20(5)31-33)12-25(34)28-13-22-7-9-23(10-8-22)26(35)32-14-18(3)36-19(4)15-32/h7-11,18-19H,12-15H2,1-6H3,(H,28,34). The molecular weight excluding hydrogens is 456 g/mol. The highest BCUT2D eigenvalue weighted by molar-refractivity contribution is 5.94. The van der Waals surface area contributed by atoms with Gasteiger partial charge >= 0.3 is 0 Å². The van der Waals surface area contributed by atoms with E-state index in [1.54, 1.807) is 4.68 Å². The van der Waals surface area contributed by atoms with E-state index in [0.717, 1.165) is 33.9 Å². The van der Waals surface area contributed by atoms with E-state index in [-0.39, 0.29) is 30.4 Å². The first-order chi connectivity index (χ1) is 17.1. The van der Waals surface area contributed by atoms with Crippen LogP contribution in [0.1, 0.15) is 58.1 Å². The molecule has 0 aliphatic carbocycles. The molecular formula is C27H34N6O3. The predicted octanol–water partition coefficient (Wildman–Crippen LogP) is 3.00. The first-order valence-corrected chi connectivity index (χ1v) is 12.3. The molecule has 1 aliphatic rings. The lowest BCUT2D eigenvalue weighted by Gasteiger charge is -2.35. The van der Waals surface area contributed by atoms with Gasteiger partial charge in [0.15, 0.2) is 0 Å². The molecule has 2 aromatic heterocycles. The molecule has 3 heterocycles. The number of ether oxygens (including phenoxy) is 1. The van der Waals surface area contributed by atoms with Crippen LogP contribution in [0.15, 0.2) is 30.3 Å². The van der Waals surface area contributed by atoms with Crippen molar-refractivity contribution >= 4 is 11.8 Å². The van der Waals surface area contributed by atoms with Crippen molar-refractivity contribution in [1.82, 2.24) is 30.0 Å². The molecule has 0 spiro atoms. The molecule has 3 aromatic rings. The van der Waals surface area contributed by atoms with Gasteiger partial charge in [-0.2, -0.15) is 5.10 Å². The summed E-state index contributed by atoms with van der Waals surface area (Å²) in [6, 6.07) is 9.31. The summed E-state index contributed by atoms with van der Waals surface area (Å²) in [5.41, 5.74) is 5.79. The molecule has 2 unspecified atom stereocenters. The van der Waals surface area contributed by atoms with Gasteiger partial charge in [-0.15, -0.1) is 0 Å². The van der Waals surface area contributed by atoms with Crippen molar-refractivity contribution in [2.45, 2.75) is 66.7 Å². The Morgan fingerprint density at radius 1 is 1.00 bits per heavy atom. The van der Waals surface area contributed by atoms with Gasteiger partial charge in [0, 0.05) is 47.8 Å². The van der Waals surface area contributed by atoms with Crippen LogP contribution in [-0.4, -0.2) is 61.8 Å². The Balaban J connectivity index is 1.36. The fourth-order valence-corrected chi connectivity index (χ4v) is 4.64. The summed E-state index contributed by atoms with van der Waals surface area (Å²) in [5.74, 6) is 0.414. The van der Waals surface area contributed by atoms with Crippen LogP contribution in [0.25, 0.3) is 5.95 Å². The first kappa shape index (κ1) is 25.5. The average Bonchev–Trinajstić information content (AvgIpc) is 3.10. The second-order valence-electron chi connectivity index (χ2n) is 9.63. The summed E-state index contributed by atoms with van der Waals surface area (Å²) in [4.78, 5) is 36.4. The minimum Gasteiger partial charge on any atom is -0.372 e. The minimum atomic E-state index is -0.0986. The number of benzene rings is 1. The van der Waals surface area contributed by atoms with E-state index in [2.05, 4.69) is 20.4 Å².